The molecular weight excluding hydrogens is 296 g/mol. The molecule has 0 amide bonds. The molecule has 2 rings (SSSR count). The van der Waals surface area contributed by atoms with Crippen molar-refractivity contribution in [3.63, 3.8) is 0 Å². The van der Waals surface area contributed by atoms with Crippen molar-refractivity contribution in [2.24, 2.45) is 0 Å². The van der Waals surface area contributed by atoms with Gasteiger partial charge in [0.1, 0.15) is 0 Å². The fourth-order valence-electron chi connectivity index (χ4n) is 1.86. The number of anilines is 3. The molecule has 0 aliphatic carbocycles. The van der Waals surface area contributed by atoms with Gasteiger partial charge in [-0.3, -0.25) is 0 Å². The van der Waals surface area contributed by atoms with Crippen LogP contribution in [0.4, 0.5) is 17.1 Å². The van der Waals surface area contributed by atoms with E-state index in [4.69, 9.17) is 17.3 Å². The maximum absolute atomic E-state index is 11.7. The molecule has 0 atom stereocenters. The number of nitrogens with one attached hydrogen (secondary N) is 1. The number of para-hydroxylation sites is 1. The predicted molar refractivity (Wildman–Crippen MR) is 83.4 cm³/mol. The standard InChI is InChI=1S/C14H15ClN2O2S/c1-9-10(15)5-3-6-11(9)17-12-7-4-8-13(14(12)16)20(2,18)19/h3-8,17H,16H2,1-2H3. The van der Waals surface area contributed by atoms with Gasteiger partial charge in [0.05, 0.1) is 16.3 Å². The van der Waals surface area contributed by atoms with Crippen LogP contribution in [0, 0.1) is 6.92 Å². The molecule has 0 saturated carbocycles. The van der Waals surface area contributed by atoms with Crippen molar-refractivity contribution in [3.8, 4) is 0 Å². The van der Waals surface area contributed by atoms with Crippen LogP contribution in [0.1, 0.15) is 5.56 Å². The summed E-state index contributed by atoms with van der Waals surface area (Å²) in [5.74, 6) is 0. The van der Waals surface area contributed by atoms with Crippen LogP contribution in [0.2, 0.25) is 5.02 Å². The highest BCUT2D eigenvalue weighted by Crippen LogP contribution is 2.31. The average Bonchev–Trinajstić information content (AvgIpc) is 2.36. The highest BCUT2D eigenvalue weighted by atomic mass is 35.5. The molecule has 0 saturated heterocycles. The number of halogens is 1. The van der Waals surface area contributed by atoms with Gasteiger partial charge in [-0.05, 0) is 36.8 Å². The van der Waals surface area contributed by atoms with E-state index in [-0.39, 0.29) is 10.6 Å². The summed E-state index contributed by atoms with van der Waals surface area (Å²) in [5.41, 5.74) is 8.33. The number of hydrogen-bond donors (Lipinski definition) is 2. The molecule has 0 aromatic heterocycles. The monoisotopic (exact) mass is 310 g/mol. The van der Waals surface area contributed by atoms with Crippen LogP contribution in [0.5, 0.6) is 0 Å². The number of nitrogens with two attached hydrogens (primary N) is 1. The van der Waals surface area contributed by atoms with E-state index in [2.05, 4.69) is 5.32 Å². The Bertz CT molecular complexity index is 758. The van der Waals surface area contributed by atoms with Gasteiger partial charge in [-0.25, -0.2) is 8.42 Å². The normalized spacial score (nSPS) is 11.3. The lowest BCUT2D eigenvalue weighted by Gasteiger charge is -2.14. The first-order valence-corrected chi connectivity index (χ1v) is 8.18. The molecule has 20 heavy (non-hydrogen) atoms. The highest BCUT2D eigenvalue weighted by Gasteiger charge is 2.14. The summed E-state index contributed by atoms with van der Waals surface area (Å²) in [6, 6.07) is 10.3. The Morgan fingerprint density at radius 2 is 1.70 bits per heavy atom. The zero-order valence-corrected chi connectivity index (χ0v) is 12.7. The van der Waals surface area contributed by atoms with Gasteiger partial charge in [0.2, 0.25) is 0 Å². The predicted octanol–water partition coefficient (Wildman–Crippen LogP) is 3.38. The SMILES string of the molecule is Cc1c(Cl)cccc1Nc1cccc(S(C)(=O)=O)c1N. The molecule has 0 heterocycles. The lowest BCUT2D eigenvalue weighted by atomic mass is 10.2. The zero-order valence-electron chi connectivity index (χ0n) is 11.1. The Morgan fingerprint density at radius 1 is 1.10 bits per heavy atom. The van der Waals surface area contributed by atoms with Gasteiger partial charge in [0.15, 0.2) is 9.84 Å². The number of hydrogen-bond acceptors (Lipinski definition) is 4. The maximum atomic E-state index is 11.7. The molecule has 0 aliphatic heterocycles. The molecule has 0 aliphatic rings. The minimum absolute atomic E-state index is 0.113. The third-order valence-corrected chi connectivity index (χ3v) is 4.57. The van der Waals surface area contributed by atoms with Crippen LogP contribution in [-0.4, -0.2) is 14.7 Å². The van der Waals surface area contributed by atoms with Gasteiger partial charge in [-0.2, -0.15) is 0 Å². The lowest BCUT2D eigenvalue weighted by Crippen LogP contribution is -2.05. The molecule has 106 valence electrons. The number of benzene rings is 2. The molecule has 0 fully saturated rings. The van der Waals surface area contributed by atoms with Crippen molar-refractivity contribution < 1.29 is 8.42 Å². The third kappa shape index (κ3) is 2.89. The summed E-state index contributed by atoms with van der Waals surface area (Å²) < 4.78 is 23.3. The van der Waals surface area contributed by atoms with Gasteiger partial charge in [-0.1, -0.05) is 23.7 Å². The molecule has 4 nitrogen and oxygen atoms in total. The second-order valence-corrected chi connectivity index (χ2v) is 6.92. The molecule has 3 N–H and O–H groups in total. The molecule has 0 radical (unpaired) electrons. The largest absolute Gasteiger partial charge is 0.396 e. The number of rotatable bonds is 3. The zero-order chi connectivity index (χ0) is 14.9. The molecule has 2 aromatic carbocycles. The van der Waals surface area contributed by atoms with Crippen molar-refractivity contribution in [1.29, 1.82) is 0 Å². The highest BCUT2D eigenvalue weighted by molar-refractivity contribution is 7.90. The Morgan fingerprint density at radius 3 is 2.35 bits per heavy atom. The van der Waals surface area contributed by atoms with E-state index in [0.29, 0.717) is 10.7 Å². The first kappa shape index (κ1) is 14.7. The van der Waals surface area contributed by atoms with E-state index in [0.717, 1.165) is 17.5 Å². The van der Waals surface area contributed by atoms with Crippen LogP contribution in [-0.2, 0) is 9.84 Å². The summed E-state index contributed by atoms with van der Waals surface area (Å²) in [6.07, 6.45) is 1.13. The van der Waals surface area contributed by atoms with E-state index in [1.54, 1.807) is 18.2 Å². The van der Waals surface area contributed by atoms with Gasteiger partial charge >= 0.3 is 0 Å². The summed E-state index contributed by atoms with van der Waals surface area (Å²) in [4.78, 5) is 0.113. The smallest absolute Gasteiger partial charge is 0.177 e. The van der Waals surface area contributed by atoms with E-state index in [1.807, 2.05) is 19.1 Å². The molecule has 2 aromatic rings. The second-order valence-electron chi connectivity index (χ2n) is 4.53. The van der Waals surface area contributed by atoms with Crippen LogP contribution in [0.3, 0.4) is 0 Å². The summed E-state index contributed by atoms with van der Waals surface area (Å²) in [5, 5.41) is 3.75. The first-order chi connectivity index (χ1) is 9.30. The Balaban J connectivity index is 2.48. The lowest BCUT2D eigenvalue weighted by molar-refractivity contribution is 0.602. The van der Waals surface area contributed by atoms with Gasteiger partial charge in [0, 0.05) is 17.0 Å². The fraction of sp³-hybridized carbons (Fsp3) is 0.143. The van der Waals surface area contributed by atoms with Crippen molar-refractivity contribution in [2.45, 2.75) is 11.8 Å². The van der Waals surface area contributed by atoms with Gasteiger partial charge in [-0.15, -0.1) is 0 Å². The van der Waals surface area contributed by atoms with Crippen LogP contribution < -0.4 is 11.1 Å². The summed E-state index contributed by atoms with van der Waals surface area (Å²) >= 11 is 6.06. The first-order valence-electron chi connectivity index (χ1n) is 5.91. The number of sulfone groups is 1. The third-order valence-electron chi connectivity index (χ3n) is 3.00. The van der Waals surface area contributed by atoms with Gasteiger partial charge < -0.3 is 11.1 Å². The Hall–Kier alpha value is -1.72. The molecule has 0 bridgehead atoms. The van der Waals surface area contributed by atoms with E-state index in [9.17, 15) is 8.42 Å². The summed E-state index contributed by atoms with van der Waals surface area (Å²) in [6.45, 7) is 1.88. The molecular formula is C14H15ClN2O2S. The van der Waals surface area contributed by atoms with Crippen LogP contribution in [0.15, 0.2) is 41.3 Å². The minimum atomic E-state index is -3.36. The van der Waals surface area contributed by atoms with E-state index in [1.165, 1.54) is 6.07 Å². The molecule has 0 unspecified atom stereocenters. The quantitative estimate of drug-likeness (QED) is 0.852. The van der Waals surface area contributed by atoms with Gasteiger partial charge in [0.25, 0.3) is 0 Å². The van der Waals surface area contributed by atoms with Crippen LogP contribution in [0.25, 0.3) is 0 Å². The fourth-order valence-corrected chi connectivity index (χ4v) is 2.87. The van der Waals surface area contributed by atoms with Crippen molar-refractivity contribution >= 4 is 38.5 Å². The molecule has 6 heteroatoms. The topological polar surface area (TPSA) is 72.2 Å². The van der Waals surface area contributed by atoms with Crippen LogP contribution >= 0.6 is 11.6 Å². The average molecular weight is 311 g/mol. The summed E-state index contributed by atoms with van der Waals surface area (Å²) in [7, 11) is -3.36. The molecule has 0 spiro atoms. The Kier molecular flexibility index (Phi) is 3.92. The van der Waals surface area contributed by atoms with Crippen molar-refractivity contribution in [1.82, 2.24) is 0 Å². The maximum Gasteiger partial charge on any atom is 0.177 e. The minimum Gasteiger partial charge on any atom is -0.396 e. The van der Waals surface area contributed by atoms with Crippen molar-refractivity contribution in [2.75, 3.05) is 17.3 Å². The second kappa shape index (κ2) is 5.34. The number of nitrogen functional groups attached to an aromatic ring is 1. The van der Waals surface area contributed by atoms with E-state index >= 15 is 0 Å². The Labute approximate surface area is 123 Å². The van der Waals surface area contributed by atoms with E-state index < -0.39 is 9.84 Å². The van der Waals surface area contributed by atoms with Crippen molar-refractivity contribution in [3.05, 3.63) is 47.0 Å².